The Labute approximate surface area is 82.4 Å². The third-order valence-electron chi connectivity index (χ3n) is 1.91. The zero-order valence-electron chi connectivity index (χ0n) is 7.93. The molecule has 0 saturated heterocycles. The summed E-state index contributed by atoms with van der Waals surface area (Å²) in [7, 11) is 0. The smallest absolute Gasteiger partial charge is 0.173 e. The molecular weight excluding hydrogens is 180 g/mol. The van der Waals surface area contributed by atoms with Gasteiger partial charge in [-0.15, -0.1) is 0 Å². The van der Waals surface area contributed by atoms with Gasteiger partial charge in [0, 0.05) is 6.42 Å². The van der Waals surface area contributed by atoms with Crippen LogP contribution in [0.25, 0.3) is 0 Å². The third-order valence-corrected chi connectivity index (χ3v) is 1.91. The molecule has 1 atom stereocenters. The first-order chi connectivity index (χ1) is 6.61. The highest BCUT2D eigenvalue weighted by molar-refractivity contribution is 6.04. The molecule has 1 aromatic carbocycles. The topological polar surface area (TPSA) is 54.4 Å². The van der Waals surface area contributed by atoms with Crippen LogP contribution in [0.1, 0.15) is 12.5 Å². The lowest BCUT2D eigenvalue weighted by Crippen LogP contribution is -2.29. The number of Topliss-reactive ketones (excluding diaryl/α,β-unsaturated/α-hetero) is 2. The number of carbonyl (C=O) groups excluding carboxylic acids is 2. The molecule has 0 saturated carbocycles. The Morgan fingerprint density at radius 1 is 1.29 bits per heavy atom. The van der Waals surface area contributed by atoms with E-state index in [1.807, 2.05) is 18.2 Å². The summed E-state index contributed by atoms with van der Waals surface area (Å²) >= 11 is 0. The molecule has 0 fully saturated rings. The average molecular weight is 192 g/mol. The number of carbonyl (C=O) groups is 2. The molecule has 0 heterocycles. The lowest BCUT2D eigenvalue weighted by atomic mass is 10.0. The molecule has 1 aromatic rings. The largest absolute Gasteiger partial charge is 0.378 e. The molecule has 3 nitrogen and oxygen atoms in total. The second-order valence-electron chi connectivity index (χ2n) is 3.14. The van der Waals surface area contributed by atoms with E-state index in [1.54, 1.807) is 12.1 Å². The van der Waals surface area contributed by atoms with E-state index in [1.165, 1.54) is 6.92 Å². The molecule has 74 valence electrons. The highest BCUT2D eigenvalue weighted by atomic mass is 16.3. The highest BCUT2D eigenvalue weighted by Gasteiger charge is 2.19. The van der Waals surface area contributed by atoms with Gasteiger partial charge in [-0.25, -0.2) is 0 Å². The van der Waals surface area contributed by atoms with Gasteiger partial charge in [0.1, 0.15) is 0 Å². The van der Waals surface area contributed by atoms with Gasteiger partial charge in [0.2, 0.25) is 0 Å². The van der Waals surface area contributed by atoms with E-state index in [-0.39, 0.29) is 6.42 Å². The molecule has 1 rings (SSSR count). The Morgan fingerprint density at radius 3 is 2.36 bits per heavy atom. The summed E-state index contributed by atoms with van der Waals surface area (Å²) in [5.74, 6) is -0.963. The standard InChI is InChI=1S/C11H12O3/c1-8(12)11(14)10(13)7-9-5-3-2-4-6-9/h2-6,11,14H,7H2,1H3. The Bertz CT molecular complexity index is 330. The Morgan fingerprint density at radius 2 is 1.86 bits per heavy atom. The monoisotopic (exact) mass is 192 g/mol. The van der Waals surface area contributed by atoms with Gasteiger partial charge in [-0.1, -0.05) is 30.3 Å². The molecule has 1 unspecified atom stereocenters. The number of aliphatic hydroxyl groups is 1. The molecule has 0 aromatic heterocycles. The van der Waals surface area contributed by atoms with Crippen molar-refractivity contribution in [3.8, 4) is 0 Å². The first kappa shape index (κ1) is 10.6. The molecule has 0 amide bonds. The van der Waals surface area contributed by atoms with Crippen molar-refractivity contribution in [3.05, 3.63) is 35.9 Å². The van der Waals surface area contributed by atoms with E-state index < -0.39 is 17.7 Å². The molecule has 0 aliphatic rings. The molecule has 1 N–H and O–H groups in total. The zero-order valence-corrected chi connectivity index (χ0v) is 7.93. The van der Waals surface area contributed by atoms with Crippen molar-refractivity contribution in [2.45, 2.75) is 19.4 Å². The van der Waals surface area contributed by atoms with Crippen molar-refractivity contribution in [2.75, 3.05) is 0 Å². The van der Waals surface area contributed by atoms with Gasteiger partial charge in [-0.3, -0.25) is 9.59 Å². The fourth-order valence-corrected chi connectivity index (χ4v) is 1.12. The van der Waals surface area contributed by atoms with Crippen LogP contribution in [0.2, 0.25) is 0 Å². The minimum Gasteiger partial charge on any atom is -0.378 e. The fraction of sp³-hybridized carbons (Fsp3) is 0.273. The number of benzene rings is 1. The predicted molar refractivity (Wildman–Crippen MR) is 51.8 cm³/mol. The Balaban J connectivity index is 2.62. The van der Waals surface area contributed by atoms with Gasteiger partial charge in [0.05, 0.1) is 0 Å². The maximum Gasteiger partial charge on any atom is 0.173 e. The van der Waals surface area contributed by atoms with Crippen LogP contribution in [0.4, 0.5) is 0 Å². The second-order valence-corrected chi connectivity index (χ2v) is 3.14. The number of aliphatic hydroxyl groups excluding tert-OH is 1. The second kappa shape index (κ2) is 4.67. The summed E-state index contributed by atoms with van der Waals surface area (Å²) in [5.41, 5.74) is 0.804. The van der Waals surface area contributed by atoms with Crippen LogP contribution in [-0.4, -0.2) is 22.8 Å². The van der Waals surface area contributed by atoms with E-state index in [0.717, 1.165) is 5.56 Å². The van der Waals surface area contributed by atoms with E-state index >= 15 is 0 Å². The van der Waals surface area contributed by atoms with Crippen molar-refractivity contribution < 1.29 is 14.7 Å². The van der Waals surface area contributed by atoms with Gasteiger partial charge in [-0.05, 0) is 12.5 Å². The molecule has 0 aliphatic carbocycles. The predicted octanol–water partition coefficient (Wildman–Crippen LogP) is 0.748. The van der Waals surface area contributed by atoms with Crippen LogP contribution >= 0.6 is 0 Å². The molecule has 0 bridgehead atoms. The Hall–Kier alpha value is -1.48. The van der Waals surface area contributed by atoms with Crippen LogP contribution in [0, 0.1) is 0 Å². The summed E-state index contributed by atoms with van der Waals surface area (Å²) < 4.78 is 0. The number of rotatable bonds is 4. The van der Waals surface area contributed by atoms with Gasteiger partial charge in [0.25, 0.3) is 0 Å². The molecular formula is C11H12O3. The summed E-state index contributed by atoms with van der Waals surface area (Å²) in [6.07, 6.45) is -1.38. The first-order valence-electron chi connectivity index (χ1n) is 4.36. The van der Waals surface area contributed by atoms with Crippen LogP contribution in [-0.2, 0) is 16.0 Å². The number of ketones is 2. The summed E-state index contributed by atoms with van der Waals surface area (Å²) in [5, 5.41) is 9.16. The van der Waals surface area contributed by atoms with Crippen molar-refractivity contribution in [2.24, 2.45) is 0 Å². The molecule has 0 radical (unpaired) electrons. The fourth-order valence-electron chi connectivity index (χ4n) is 1.12. The van der Waals surface area contributed by atoms with Crippen LogP contribution in [0.15, 0.2) is 30.3 Å². The van der Waals surface area contributed by atoms with Crippen molar-refractivity contribution in [3.63, 3.8) is 0 Å². The third kappa shape index (κ3) is 2.78. The zero-order chi connectivity index (χ0) is 10.6. The van der Waals surface area contributed by atoms with Crippen molar-refractivity contribution in [1.29, 1.82) is 0 Å². The first-order valence-corrected chi connectivity index (χ1v) is 4.36. The van der Waals surface area contributed by atoms with Gasteiger partial charge >= 0.3 is 0 Å². The summed E-state index contributed by atoms with van der Waals surface area (Å²) in [4.78, 5) is 22.0. The van der Waals surface area contributed by atoms with Gasteiger partial charge in [-0.2, -0.15) is 0 Å². The quantitative estimate of drug-likeness (QED) is 0.716. The van der Waals surface area contributed by atoms with Gasteiger partial charge in [0.15, 0.2) is 17.7 Å². The molecule has 3 heteroatoms. The summed E-state index contributed by atoms with van der Waals surface area (Å²) in [6, 6.07) is 9.02. The van der Waals surface area contributed by atoms with Crippen LogP contribution in [0.5, 0.6) is 0 Å². The number of hydrogen-bond acceptors (Lipinski definition) is 3. The van der Waals surface area contributed by atoms with Crippen LogP contribution in [0.3, 0.4) is 0 Å². The van der Waals surface area contributed by atoms with E-state index in [4.69, 9.17) is 5.11 Å². The average Bonchev–Trinajstić information content (AvgIpc) is 2.18. The van der Waals surface area contributed by atoms with Crippen molar-refractivity contribution in [1.82, 2.24) is 0 Å². The van der Waals surface area contributed by atoms with E-state index in [2.05, 4.69) is 0 Å². The molecule has 0 spiro atoms. The normalized spacial score (nSPS) is 12.1. The van der Waals surface area contributed by atoms with Gasteiger partial charge < -0.3 is 5.11 Å². The lowest BCUT2D eigenvalue weighted by molar-refractivity contribution is -0.136. The maximum atomic E-state index is 11.3. The van der Waals surface area contributed by atoms with E-state index in [0.29, 0.717) is 0 Å². The minimum absolute atomic E-state index is 0.0988. The van der Waals surface area contributed by atoms with Crippen LogP contribution < -0.4 is 0 Å². The maximum absolute atomic E-state index is 11.3. The lowest BCUT2D eigenvalue weighted by Gasteiger charge is -2.05. The summed E-state index contributed by atoms with van der Waals surface area (Å²) in [6.45, 7) is 1.20. The molecule has 0 aliphatic heterocycles. The minimum atomic E-state index is -1.48. The van der Waals surface area contributed by atoms with E-state index in [9.17, 15) is 9.59 Å². The molecule has 14 heavy (non-hydrogen) atoms. The SMILES string of the molecule is CC(=O)C(O)C(=O)Cc1ccccc1. The Kier molecular flexibility index (Phi) is 3.54. The number of hydrogen-bond donors (Lipinski definition) is 1. The highest BCUT2D eigenvalue weighted by Crippen LogP contribution is 2.02. The van der Waals surface area contributed by atoms with Crippen molar-refractivity contribution >= 4 is 11.6 Å².